The molecule has 0 N–H and O–H groups in total. The summed E-state index contributed by atoms with van der Waals surface area (Å²) in [5.41, 5.74) is 2.72. The molecule has 0 saturated carbocycles. The van der Waals surface area contributed by atoms with Gasteiger partial charge in [0.25, 0.3) is 5.56 Å². The molecule has 4 rings (SSSR count). The van der Waals surface area contributed by atoms with Crippen molar-refractivity contribution in [3.8, 4) is 0 Å². The first-order valence-electron chi connectivity index (χ1n) is 7.97. The molecule has 114 valence electrons. The van der Waals surface area contributed by atoms with Gasteiger partial charge in [0.05, 0.1) is 6.54 Å². The van der Waals surface area contributed by atoms with Crippen molar-refractivity contribution in [3.63, 3.8) is 0 Å². The van der Waals surface area contributed by atoms with E-state index in [0.717, 1.165) is 35.0 Å². The summed E-state index contributed by atoms with van der Waals surface area (Å²) >= 11 is 0. The van der Waals surface area contributed by atoms with E-state index >= 15 is 0 Å². The Balaban J connectivity index is 2.02. The van der Waals surface area contributed by atoms with Crippen molar-refractivity contribution >= 4 is 16.6 Å². The molecule has 3 heteroatoms. The first kappa shape index (κ1) is 13.9. The number of nitrogens with zero attached hydrogens (tertiary/aromatic N) is 1. The third kappa shape index (κ3) is 2.29. The summed E-state index contributed by atoms with van der Waals surface area (Å²) in [6.45, 7) is 0.514. The highest BCUT2D eigenvalue weighted by atomic mass is 16.1. The summed E-state index contributed by atoms with van der Waals surface area (Å²) in [5.74, 6) is 0.157. The predicted octanol–water partition coefficient (Wildman–Crippen LogP) is 3.57. The summed E-state index contributed by atoms with van der Waals surface area (Å²) in [4.78, 5) is 25.5. The molecule has 0 atom stereocenters. The van der Waals surface area contributed by atoms with Crippen LogP contribution in [0.1, 0.15) is 34.5 Å². The smallest absolute Gasteiger partial charge is 0.258 e. The lowest BCUT2D eigenvalue weighted by Gasteiger charge is -2.22. The highest BCUT2D eigenvalue weighted by Gasteiger charge is 2.24. The van der Waals surface area contributed by atoms with E-state index in [4.69, 9.17) is 0 Å². The zero-order valence-corrected chi connectivity index (χ0v) is 12.8. The summed E-state index contributed by atoms with van der Waals surface area (Å²) in [5, 5.41) is 1.44. The van der Waals surface area contributed by atoms with Gasteiger partial charge in [-0.2, -0.15) is 0 Å². The fourth-order valence-electron chi connectivity index (χ4n) is 3.49. The highest BCUT2D eigenvalue weighted by Crippen LogP contribution is 2.27. The first-order chi connectivity index (χ1) is 11.3. The Morgan fingerprint density at radius 3 is 2.30 bits per heavy atom. The van der Waals surface area contributed by atoms with Crippen LogP contribution in [0.2, 0.25) is 0 Å². The lowest BCUT2D eigenvalue weighted by atomic mass is 9.90. The molecule has 0 aliphatic heterocycles. The van der Waals surface area contributed by atoms with Gasteiger partial charge in [-0.05, 0) is 29.9 Å². The number of carbonyl (C=O) groups is 1. The zero-order chi connectivity index (χ0) is 15.8. The molecule has 0 saturated heterocycles. The van der Waals surface area contributed by atoms with Crippen molar-refractivity contribution in [1.82, 2.24) is 4.57 Å². The number of pyridine rings is 1. The van der Waals surface area contributed by atoms with Gasteiger partial charge in [0, 0.05) is 23.1 Å². The van der Waals surface area contributed by atoms with Crippen LogP contribution < -0.4 is 5.56 Å². The summed E-state index contributed by atoms with van der Waals surface area (Å²) in [7, 11) is 0. The molecule has 3 aromatic rings. The molecular weight excluding hydrogens is 286 g/mol. The predicted molar refractivity (Wildman–Crippen MR) is 91.0 cm³/mol. The second kappa shape index (κ2) is 5.51. The Kier molecular flexibility index (Phi) is 3.34. The van der Waals surface area contributed by atoms with Crippen LogP contribution in [0.3, 0.4) is 0 Å². The molecule has 1 aliphatic carbocycles. The zero-order valence-electron chi connectivity index (χ0n) is 12.8. The van der Waals surface area contributed by atoms with Crippen molar-refractivity contribution in [2.45, 2.75) is 25.8 Å². The minimum absolute atomic E-state index is 0.00194. The molecule has 3 nitrogen and oxygen atoms in total. The Labute approximate surface area is 134 Å². The molecule has 0 radical (unpaired) electrons. The maximum atomic E-state index is 13.0. The lowest BCUT2D eigenvalue weighted by molar-refractivity contribution is 0.0972. The van der Waals surface area contributed by atoms with Crippen molar-refractivity contribution < 1.29 is 4.79 Å². The minimum atomic E-state index is -0.00194. The third-order valence-corrected chi connectivity index (χ3v) is 4.57. The van der Waals surface area contributed by atoms with Gasteiger partial charge in [0.1, 0.15) is 0 Å². The van der Waals surface area contributed by atoms with Crippen LogP contribution in [0.15, 0.2) is 59.4 Å². The van der Waals surface area contributed by atoms with Gasteiger partial charge in [-0.15, -0.1) is 0 Å². The molecule has 0 fully saturated rings. The van der Waals surface area contributed by atoms with Crippen LogP contribution in [-0.4, -0.2) is 10.4 Å². The van der Waals surface area contributed by atoms with Gasteiger partial charge in [-0.1, -0.05) is 48.5 Å². The molecule has 0 spiro atoms. The van der Waals surface area contributed by atoms with Gasteiger partial charge in [0.15, 0.2) is 5.78 Å². The maximum absolute atomic E-state index is 13.0. The van der Waals surface area contributed by atoms with E-state index in [1.54, 1.807) is 4.57 Å². The number of ketones is 1. The number of Topliss-reactive ketones (excluding diaryl/α,β-unsaturated/α-hetero) is 1. The summed E-state index contributed by atoms with van der Waals surface area (Å²) in [6.07, 6.45) is 2.17. The average molecular weight is 303 g/mol. The van der Waals surface area contributed by atoms with Gasteiger partial charge >= 0.3 is 0 Å². The standard InChI is InChI=1S/C20H17NO2/c22-18-12-6-11-17-19(18)15-9-4-5-10-16(15)20(23)21(17)13-14-7-2-1-3-8-14/h1-5,7-10H,6,11-13H2. The van der Waals surface area contributed by atoms with Gasteiger partial charge in [0.2, 0.25) is 0 Å². The second-order valence-corrected chi connectivity index (χ2v) is 6.02. The van der Waals surface area contributed by atoms with Crippen LogP contribution in [0.25, 0.3) is 10.8 Å². The number of carbonyl (C=O) groups excluding carboxylic acids is 1. The number of benzene rings is 2. The van der Waals surface area contributed by atoms with E-state index in [-0.39, 0.29) is 11.3 Å². The summed E-state index contributed by atoms with van der Waals surface area (Å²) < 4.78 is 1.80. The van der Waals surface area contributed by atoms with Crippen molar-refractivity contribution in [2.75, 3.05) is 0 Å². The maximum Gasteiger partial charge on any atom is 0.258 e. The monoisotopic (exact) mass is 303 g/mol. The molecule has 1 heterocycles. The number of hydrogen-bond donors (Lipinski definition) is 0. The van der Waals surface area contributed by atoms with Crippen molar-refractivity contribution in [3.05, 3.63) is 81.8 Å². The van der Waals surface area contributed by atoms with Crippen molar-refractivity contribution in [1.29, 1.82) is 0 Å². The van der Waals surface area contributed by atoms with Crippen molar-refractivity contribution in [2.24, 2.45) is 0 Å². The Morgan fingerprint density at radius 1 is 0.826 bits per heavy atom. The van der Waals surface area contributed by atoms with E-state index in [0.29, 0.717) is 18.4 Å². The van der Waals surface area contributed by atoms with E-state index in [9.17, 15) is 9.59 Å². The second-order valence-electron chi connectivity index (χ2n) is 6.02. The number of rotatable bonds is 2. The van der Waals surface area contributed by atoms with Crippen LogP contribution >= 0.6 is 0 Å². The molecule has 0 amide bonds. The fraction of sp³-hybridized carbons (Fsp3) is 0.200. The van der Waals surface area contributed by atoms with E-state index in [1.165, 1.54) is 0 Å². The third-order valence-electron chi connectivity index (χ3n) is 4.57. The molecular formula is C20H17NO2. The largest absolute Gasteiger partial charge is 0.307 e. The Morgan fingerprint density at radius 2 is 1.52 bits per heavy atom. The van der Waals surface area contributed by atoms with Gasteiger partial charge in [-0.25, -0.2) is 0 Å². The van der Waals surface area contributed by atoms with Crippen LogP contribution in [0, 0.1) is 0 Å². The Bertz CT molecular complexity index is 955. The number of hydrogen-bond acceptors (Lipinski definition) is 2. The van der Waals surface area contributed by atoms with E-state index < -0.39 is 0 Å². The van der Waals surface area contributed by atoms with E-state index in [2.05, 4.69) is 0 Å². The fourth-order valence-corrected chi connectivity index (χ4v) is 3.49. The normalized spacial score (nSPS) is 14.0. The summed E-state index contributed by atoms with van der Waals surface area (Å²) in [6, 6.07) is 17.4. The highest BCUT2D eigenvalue weighted by molar-refractivity contribution is 6.09. The van der Waals surface area contributed by atoms with Gasteiger partial charge in [-0.3, -0.25) is 9.59 Å². The minimum Gasteiger partial charge on any atom is -0.307 e. The lowest BCUT2D eigenvalue weighted by Crippen LogP contribution is -2.29. The quantitative estimate of drug-likeness (QED) is 0.726. The molecule has 1 aliphatic rings. The van der Waals surface area contributed by atoms with Crippen LogP contribution in [0.5, 0.6) is 0 Å². The molecule has 23 heavy (non-hydrogen) atoms. The van der Waals surface area contributed by atoms with E-state index in [1.807, 2.05) is 54.6 Å². The average Bonchev–Trinajstić information content (AvgIpc) is 2.59. The number of aromatic nitrogens is 1. The van der Waals surface area contributed by atoms with Crippen LogP contribution in [0.4, 0.5) is 0 Å². The van der Waals surface area contributed by atoms with Crippen LogP contribution in [-0.2, 0) is 13.0 Å². The molecule has 2 aromatic carbocycles. The molecule has 0 unspecified atom stereocenters. The Hall–Kier alpha value is -2.68. The SMILES string of the molecule is O=C1CCCc2c1c1ccccc1c(=O)n2Cc1ccccc1. The molecule has 1 aromatic heterocycles. The molecule has 0 bridgehead atoms. The first-order valence-corrected chi connectivity index (χ1v) is 7.97. The topological polar surface area (TPSA) is 39.1 Å². The number of fused-ring (bicyclic) bond motifs is 3. The van der Waals surface area contributed by atoms with Gasteiger partial charge < -0.3 is 4.57 Å².